The van der Waals surface area contributed by atoms with Gasteiger partial charge in [-0.1, -0.05) is 12.1 Å². The smallest absolute Gasteiger partial charge is 0.258 e. The van der Waals surface area contributed by atoms with Crippen LogP contribution in [0.25, 0.3) is 6.08 Å². The summed E-state index contributed by atoms with van der Waals surface area (Å²) in [5.74, 6) is 0. The Balaban J connectivity index is 2.92. The van der Waals surface area contributed by atoms with E-state index in [1.54, 1.807) is 0 Å². The van der Waals surface area contributed by atoms with Crippen molar-refractivity contribution in [1.29, 1.82) is 0 Å². The minimum absolute atomic E-state index is 0.0338. The number of non-ortho nitro benzene ring substituents is 1. The molecule has 0 aromatic heterocycles. The monoisotopic (exact) mass is 217 g/mol. The van der Waals surface area contributed by atoms with Crippen LogP contribution in [0, 0.1) is 10.1 Å². The van der Waals surface area contributed by atoms with Gasteiger partial charge in [0.25, 0.3) is 5.69 Å². The first-order valence-corrected chi connectivity index (χ1v) is 3.89. The highest BCUT2D eigenvalue weighted by Gasteiger charge is 2.21. The van der Waals surface area contributed by atoms with Crippen molar-refractivity contribution in [2.75, 3.05) is 0 Å². The number of rotatable bonds is 2. The molecule has 0 aliphatic heterocycles. The number of halogens is 3. The number of hydrogen-bond acceptors (Lipinski definition) is 2. The van der Waals surface area contributed by atoms with E-state index in [0.29, 0.717) is 0 Å². The third-order valence-corrected chi connectivity index (χ3v) is 1.55. The van der Waals surface area contributed by atoms with Crippen LogP contribution in [-0.4, -0.2) is 11.1 Å². The van der Waals surface area contributed by atoms with Crippen LogP contribution in [0.4, 0.5) is 18.9 Å². The summed E-state index contributed by atoms with van der Waals surface area (Å²) in [6.45, 7) is 0. The predicted molar refractivity (Wildman–Crippen MR) is 48.2 cm³/mol. The van der Waals surface area contributed by atoms with Crippen LogP contribution < -0.4 is 0 Å². The maximum Gasteiger partial charge on any atom is 0.409 e. The number of allylic oxidation sites excluding steroid dienone is 1. The summed E-state index contributed by atoms with van der Waals surface area (Å²) in [7, 11) is 0. The molecule has 0 N–H and O–H groups in total. The zero-order chi connectivity index (χ0) is 11.5. The molecule has 0 amide bonds. The first-order chi connectivity index (χ1) is 6.88. The molecule has 0 bridgehead atoms. The molecule has 0 atom stereocenters. The molecule has 1 aromatic carbocycles. The number of hydrogen-bond donors (Lipinski definition) is 0. The summed E-state index contributed by atoms with van der Waals surface area (Å²) in [6.07, 6.45) is -3.59. The van der Waals surface area contributed by atoms with E-state index in [0.717, 1.165) is 12.1 Å². The SMILES string of the molecule is O=[N+]([O-])c1cccc(/C=C/C(F)(F)F)c1. The molecule has 3 nitrogen and oxygen atoms in total. The molecule has 0 aliphatic rings. The molecule has 0 spiro atoms. The van der Waals surface area contributed by atoms with Gasteiger partial charge in [-0.15, -0.1) is 0 Å². The van der Waals surface area contributed by atoms with E-state index in [1.807, 2.05) is 0 Å². The Hall–Kier alpha value is -1.85. The van der Waals surface area contributed by atoms with E-state index in [4.69, 9.17) is 0 Å². The van der Waals surface area contributed by atoms with Gasteiger partial charge in [-0.2, -0.15) is 13.2 Å². The largest absolute Gasteiger partial charge is 0.409 e. The van der Waals surface area contributed by atoms with Crippen LogP contribution in [0.5, 0.6) is 0 Å². The fourth-order valence-corrected chi connectivity index (χ4v) is 0.933. The van der Waals surface area contributed by atoms with Crippen LogP contribution in [0.1, 0.15) is 5.56 Å². The second-order valence-corrected chi connectivity index (χ2v) is 2.73. The van der Waals surface area contributed by atoms with Gasteiger partial charge in [0.15, 0.2) is 0 Å². The lowest BCUT2D eigenvalue weighted by Gasteiger charge is -1.97. The number of nitrogens with zero attached hydrogens (tertiary/aromatic N) is 1. The van der Waals surface area contributed by atoms with Gasteiger partial charge in [-0.3, -0.25) is 10.1 Å². The van der Waals surface area contributed by atoms with Crippen molar-refractivity contribution in [2.45, 2.75) is 6.18 Å². The van der Waals surface area contributed by atoms with E-state index >= 15 is 0 Å². The minimum Gasteiger partial charge on any atom is -0.258 e. The number of alkyl halides is 3. The molecule has 0 unspecified atom stereocenters. The summed E-state index contributed by atoms with van der Waals surface area (Å²) in [5.41, 5.74) is -0.0964. The number of nitro groups is 1. The zero-order valence-corrected chi connectivity index (χ0v) is 7.36. The van der Waals surface area contributed by atoms with Crippen molar-refractivity contribution in [2.24, 2.45) is 0 Å². The van der Waals surface area contributed by atoms with E-state index in [-0.39, 0.29) is 17.3 Å². The van der Waals surface area contributed by atoms with Crippen molar-refractivity contribution in [3.8, 4) is 0 Å². The van der Waals surface area contributed by atoms with Crippen LogP contribution in [0.3, 0.4) is 0 Å². The van der Waals surface area contributed by atoms with Crippen LogP contribution >= 0.6 is 0 Å². The quantitative estimate of drug-likeness (QED) is 0.564. The zero-order valence-electron chi connectivity index (χ0n) is 7.36. The first kappa shape index (κ1) is 11.2. The lowest BCUT2D eigenvalue weighted by molar-refractivity contribution is -0.384. The van der Waals surface area contributed by atoms with E-state index in [9.17, 15) is 23.3 Å². The lowest BCUT2D eigenvalue weighted by Crippen LogP contribution is -2.00. The Morgan fingerprint density at radius 1 is 1.33 bits per heavy atom. The molecule has 0 heterocycles. The third-order valence-electron chi connectivity index (χ3n) is 1.55. The van der Waals surface area contributed by atoms with Crippen LogP contribution in [0.2, 0.25) is 0 Å². The Bertz CT molecular complexity index is 399. The molecule has 15 heavy (non-hydrogen) atoms. The Morgan fingerprint density at radius 2 is 2.00 bits per heavy atom. The van der Waals surface area contributed by atoms with Crippen molar-refractivity contribution < 1.29 is 18.1 Å². The fraction of sp³-hybridized carbons (Fsp3) is 0.111. The summed E-state index contributed by atoms with van der Waals surface area (Å²) in [5, 5.41) is 10.3. The highest BCUT2D eigenvalue weighted by atomic mass is 19.4. The van der Waals surface area contributed by atoms with Crippen molar-refractivity contribution in [3.63, 3.8) is 0 Å². The maximum atomic E-state index is 11.8. The van der Waals surface area contributed by atoms with Gasteiger partial charge in [0.1, 0.15) is 0 Å². The van der Waals surface area contributed by atoms with Gasteiger partial charge in [0.05, 0.1) is 4.92 Å². The molecular weight excluding hydrogens is 211 g/mol. The van der Waals surface area contributed by atoms with Crippen molar-refractivity contribution in [3.05, 3.63) is 46.0 Å². The average Bonchev–Trinajstić information content (AvgIpc) is 2.14. The van der Waals surface area contributed by atoms with Gasteiger partial charge in [-0.25, -0.2) is 0 Å². The molecule has 1 rings (SSSR count). The Labute approximate surface area is 83.0 Å². The number of nitro benzene ring substituents is 1. The highest BCUT2D eigenvalue weighted by molar-refractivity contribution is 5.53. The minimum atomic E-state index is -4.41. The topological polar surface area (TPSA) is 43.1 Å². The van der Waals surface area contributed by atoms with Gasteiger partial charge in [0.2, 0.25) is 0 Å². The highest BCUT2D eigenvalue weighted by Crippen LogP contribution is 2.20. The second-order valence-electron chi connectivity index (χ2n) is 2.73. The van der Waals surface area contributed by atoms with Crippen molar-refractivity contribution >= 4 is 11.8 Å². The third kappa shape index (κ3) is 3.80. The summed E-state index contributed by atoms with van der Waals surface area (Å²) >= 11 is 0. The summed E-state index contributed by atoms with van der Waals surface area (Å²) < 4.78 is 35.3. The average molecular weight is 217 g/mol. The van der Waals surface area contributed by atoms with E-state index in [2.05, 4.69) is 0 Å². The Kier molecular flexibility index (Phi) is 3.08. The molecule has 0 fully saturated rings. The van der Waals surface area contributed by atoms with E-state index < -0.39 is 11.1 Å². The van der Waals surface area contributed by atoms with Crippen LogP contribution in [0.15, 0.2) is 30.3 Å². The first-order valence-electron chi connectivity index (χ1n) is 3.89. The van der Waals surface area contributed by atoms with Gasteiger partial charge in [0, 0.05) is 18.2 Å². The van der Waals surface area contributed by atoms with Crippen molar-refractivity contribution in [1.82, 2.24) is 0 Å². The molecule has 6 heteroatoms. The van der Waals surface area contributed by atoms with Gasteiger partial charge in [-0.05, 0) is 11.6 Å². The Morgan fingerprint density at radius 3 is 2.53 bits per heavy atom. The fourth-order valence-electron chi connectivity index (χ4n) is 0.933. The van der Waals surface area contributed by atoms with E-state index in [1.165, 1.54) is 18.2 Å². The van der Waals surface area contributed by atoms with Gasteiger partial charge >= 0.3 is 6.18 Å². The van der Waals surface area contributed by atoms with Crippen LogP contribution in [-0.2, 0) is 0 Å². The molecule has 0 saturated carbocycles. The number of benzene rings is 1. The molecule has 0 saturated heterocycles. The molecule has 80 valence electrons. The second kappa shape index (κ2) is 4.12. The summed E-state index contributed by atoms with van der Waals surface area (Å²) in [4.78, 5) is 9.65. The lowest BCUT2D eigenvalue weighted by atomic mass is 10.2. The standard InChI is InChI=1S/C9H6F3NO2/c10-9(11,12)5-4-7-2-1-3-8(6-7)13(14)15/h1-6H/b5-4+. The maximum absolute atomic E-state index is 11.8. The molecular formula is C9H6F3NO2. The predicted octanol–water partition coefficient (Wildman–Crippen LogP) is 3.17. The molecule has 0 radical (unpaired) electrons. The normalized spacial score (nSPS) is 11.9. The van der Waals surface area contributed by atoms with Gasteiger partial charge < -0.3 is 0 Å². The molecule has 0 aliphatic carbocycles. The summed E-state index contributed by atoms with van der Waals surface area (Å²) in [6, 6.07) is 4.97. The molecule has 1 aromatic rings.